The monoisotopic (exact) mass is 250 g/mol. The van der Waals surface area contributed by atoms with Crippen LogP contribution in [0.3, 0.4) is 0 Å². The number of hydrogen-bond acceptors (Lipinski definition) is 2. The summed E-state index contributed by atoms with van der Waals surface area (Å²) in [7, 11) is 0. The van der Waals surface area contributed by atoms with E-state index in [1.807, 2.05) is 12.1 Å². The van der Waals surface area contributed by atoms with Gasteiger partial charge in [0.05, 0.1) is 5.69 Å². The third-order valence-electron chi connectivity index (χ3n) is 3.42. The van der Waals surface area contributed by atoms with Crippen molar-refractivity contribution in [1.29, 1.82) is 0 Å². The van der Waals surface area contributed by atoms with Crippen molar-refractivity contribution in [2.75, 3.05) is 18.2 Å². The summed E-state index contributed by atoms with van der Waals surface area (Å²) in [5.74, 6) is 0.118. The number of benzene rings is 1. The number of carbonyl (C=O) groups is 1. The van der Waals surface area contributed by atoms with E-state index in [1.165, 1.54) is 25.3 Å². The summed E-state index contributed by atoms with van der Waals surface area (Å²) < 4.78 is 13.3. The Morgan fingerprint density at radius 3 is 2.50 bits per heavy atom. The van der Waals surface area contributed by atoms with Crippen LogP contribution in [-0.4, -0.2) is 19.0 Å². The fourth-order valence-electron chi connectivity index (χ4n) is 2.36. The van der Waals surface area contributed by atoms with Gasteiger partial charge in [-0.2, -0.15) is 0 Å². The minimum absolute atomic E-state index is 0.175. The first-order valence-corrected chi connectivity index (χ1v) is 6.43. The van der Waals surface area contributed by atoms with Crippen LogP contribution in [0.25, 0.3) is 0 Å². The maximum Gasteiger partial charge on any atom is 0.251 e. The smallest absolute Gasteiger partial charge is 0.251 e. The van der Waals surface area contributed by atoms with Crippen LogP contribution in [0.1, 0.15) is 25.3 Å². The molecule has 3 nitrogen and oxygen atoms in total. The normalized spacial score (nSPS) is 16.6. The van der Waals surface area contributed by atoms with Crippen LogP contribution in [0.5, 0.6) is 0 Å². The van der Waals surface area contributed by atoms with E-state index in [0.717, 1.165) is 19.5 Å². The minimum Gasteiger partial charge on any atom is -0.317 e. The van der Waals surface area contributed by atoms with Crippen molar-refractivity contribution in [1.82, 2.24) is 5.32 Å². The highest BCUT2D eigenvalue weighted by Crippen LogP contribution is 2.21. The molecule has 1 aliphatic rings. The summed E-state index contributed by atoms with van der Waals surface area (Å²) in [5.41, 5.74) is 1.51. The molecule has 0 saturated carbocycles. The molecule has 0 unspecified atom stereocenters. The quantitative estimate of drug-likeness (QED) is 0.836. The summed E-state index contributed by atoms with van der Waals surface area (Å²) in [4.78, 5) is 10.9. The van der Waals surface area contributed by atoms with Gasteiger partial charge in [-0.1, -0.05) is 16.6 Å². The lowest BCUT2D eigenvalue weighted by Crippen LogP contribution is -2.28. The maximum atomic E-state index is 13.3. The van der Waals surface area contributed by atoms with Gasteiger partial charge in [-0.15, -0.1) is 5.12 Å². The molecule has 1 amide bonds. The van der Waals surface area contributed by atoms with Crippen molar-refractivity contribution in [3.63, 3.8) is 0 Å². The number of anilines is 1. The zero-order valence-electron chi connectivity index (χ0n) is 10.7. The molecule has 98 valence electrons. The van der Waals surface area contributed by atoms with E-state index in [1.54, 1.807) is 12.1 Å². The van der Waals surface area contributed by atoms with Gasteiger partial charge in [-0.25, -0.2) is 0 Å². The Hall–Kier alpha value is -1.42. The Bertz CT molecular complexity index is 399. The molecule has 1 aliphatic heterocycles. The maximum absolute atomic E-state index is 13.3. The number of nitrogens with zero attached hydrogens (tertiary/aromatic N) is 1. The molecule has 0 atom stereocenters. The number of hydrogen-bond donors (Lipinski definition) is 1. The molecular weight excluding hydrogens is 231 g/mol. The molecule has 1 saturated heterocycles. The molecule has 0 spiro atoms. The standard InChI is InChI=1S/C14H19FN2O/c1-11(18)17(15)14-4-2-12(3-5-14)10-13-6-8-16-9-7-13/h2-5,13,16H,6-10H2,1H3. The molecular formula is C14H19FN2O. The van der Waals surface area contributed by atoms with Gasteiger partial charge in [0.25, 0.3) is 5.91 Å². The number of nitrogens with one attached hydrogen (secondary N) is 1. The zero-order valence-corrected chi connectivity index (χ0v) is 10.7. The Labute approximate surface area is 107 Å². The highest BCUT2D eigenvalue weighted by Gasteiger charge is 2.14. The second kappa shape index (κ2) is 5.96. The second-order valence-corrected chi connectivity index (χ2v) is 4.86. The molecule has 0 aliphatic carbocycles. The Balaban J connectivity index is 1.96. The van der Waals surface area contributed by atoms with Crippen molar-refractivity contribution in [3.05, 3.63) is 29.8 Å². The van der Waals surface area contributed by atoms with Gasteiger partial charge in [-0.05, 0) is 56.0 Å². The van der Waals surface area contributed by atoms with E-state index in [0.29, 0.717) is 11.6 Å². The van der Waals surface area contributed by atoms with Gasteiger partial charge in [0.15, 0.2) is 0 Å². The van der Waals surface area contributed by atoms with E-state index < -0.39 is 5.91 Å². The number of rotatable bonds is 3. The average Bonchev–Trinajstić information content (AvgIpc) is 2.40. The number of carbonyl (C=O) groups excluding carboxylic acids is 1. The van der Waals surface area contributed by atoms with Crippen LogP contribution in [0.15, 0.2) is 24.3 Å². The third kappa shape index (κ3) is 3.29. The summed E-state index contributed by atoms with van der Waals surface area (Å²) in [6.07, 6.45) is 3.43. The molecule has 2 rings (SSSR count). The molecule has 4 heteroatoms. The van der Waals surface area contributed by atoms with Crippen LogP contribution >= 0.6 is 0 Å². The highest BCUT2D eigenvalue weighted by atomic mass is 19.2. The number of amides is 1. The second-order valence-electron chi connectivity index (χ2n) is 4.86. The van der Waals surface area contributed by atoms with Crippen LogP contribution < -0.4 is 10.4 Å². The van der Waals surface area contributed by atoms with Crippen LogP contribution in [0.2, 0.25) is 0 Å². The Morgan fingerprint density at radius 1 is 1.33 bits per heavy atom. The molecule has 1 fully saturated rings. The zero-order chi connectivity index (χ0) is 13.0. The van der Waals surface area contributed by atoms with Gasteiger partial charge >= 0.3 is 0 Å². The molecule has 1 N–H and O–H groups in total. The fraction of sp³-hybridized carbons (Fsp3) is 0.500. The van der Waals surface area contributed by atoms with Gasteiger partial charge in [-0.3, -0.25) is 4.79 Å². The van der Waals surface area contributed by atoms with Crippen molar-refractivity contribution < 1.29 is 9.28 Å². The fourth-order valence-corrected chi connectivity index (χ4v) is 2.36. The van der Waals surface area contributed by atoms with Gasteiger partial charge < -0.3 is 5.32 Å². The molecule has 18 heavy (non-hydrogen) atoms. The average molecular weight is 250 g/mol. The van der Waals surface area contributed by atoms with E-state index in [2.05, 4.69) is 5.32 Å². The van der Waals surface area contributed by atoms with Crippen LogP contribution in [0.4, 0.5) is 10.2 Å². The minimum atomic E-state index is -0.596. The summed E-state index contributed by atoms with van der Waals surface area (Å²) >= 11 is 0. The molecule has 1 aromatic rings. The summed E-state index contributed by atoms with van der Waals surface area (Å²) in [5, 5.41) is 3.52. The molecule has 1 aromatic carbocycles. The lowest BCUT2D eigenvalue weighted by atomic mass is 9.91. The molecule has 1 heterocycles. The SMILES string of the molecule is CC(=O)N(F)c1ccc(CC2CCNCC2)cc1. The Kier molecular flexibility index (Phi) is 4.31. The van der Waals surface area contributed by atoms with E-state index in [-0.39, 0.29) is 5.12 Å². The van der Waals surface area contributed by atoms with E-state index >= 15 is 0 Å². The van der Waals surface area contributed by atoms with Crippen LogP contribution in [-0.2, 0) is 11.2 Å². The first kappa shape index (κ1) is 13.0. The molecule has 0 aromatic heterocycles. The van der Waals surface area contributed by atoms with Crippen LogP contribution in [0, 0.1) is 5.92 Å². The van der Waals surface area contributed by atoms with Gasteiger partial charge in [0, 0.05) is 6.92 Å². The largest absolute Gasteiger partial charge is 0.317 e. The van der Waals surface area contributed by atoms with Crippen molar-refractivity contribution in [2.24, 2.45) is 5.92 Å². The lowest BCUT2D eigenvalue weighted by molar-refractivity contribution is -0.119. The number of piperidine rings is 1. The molecule has 0 bridgehead atoms. The summed E-state index contributed by atoms with van der Waals surface area (Å²) in [6.45, 7) is 3.39. The highest BCUT2D eigenvalue weighted by molar-refractivity contribution is 5.89. The first-order valence-electron chi connectivity index (χ1n) is 6.43. The summed E-state index contributed by atoms with van der Waals surface area (Å²) in [6, 6.07) is 7.15. The van der Waals surface area contributed by atoms with Gasteiger partial charge in [0.1, 0.15) is 0 Å². The van der Waals surface area contributed by atoms with E-state index in [4.69, 9.17) is 0 Å². The Morgan fingerprint density at radius 2 is 1.94 bits per heavy atom. The molecule has 0 radical (unpaired) electrons. The van der Waals surface area contributed by atoms with Crippen molar-refractivity contribution >= 4 is 11.6 Å². The van der Waals surface area contributed by atoms with Gasteiger partial charge in [0.2, 0.25) is 0 Å². The van der Waals surface area contributed by atoms with E-state index in [9.17, 15) is 9.28 Å². The predicted octanol–water partition coefficient (Wildman–Crippen LogP) is 2.47. The third-order valence-corrected chi connectivity index (χ3v) is 3.42. The van der Waals surface area contributed by atoms with Crippen molar-refractivity contribution in [2.45, 2.75) is 26.2 Å². The topological polar surface area (TPSA) is 32.3 Å². The first-order chi connectivity index (χ1) is 8.66. The predicted molar refractivity (Wildman–Crippen MR) is 70.0 cm³/mol. The lowest BCUT2D eigenvalue weighted by Gasteiger charge is -2.22. The number of halogens is 1. The van der Waals surface area contributed by atoms with Crippen molar-refractivity contribution in [3.8, 4) is 0 Å².